The molecule has 1 aromatic rings. The largest absolute Gasteiger partial charge is 0.377 e. The number of hydrogen-bond acceptors (Lipinski definition) is 3. The SMILES string of the molecule is CC(C)OCCNCc1cc(Br)c(Cl)s1. The monoisotopic (exact) mass is 311 g/mol. The molecule has 0 atom stereocenters. The van der Waals surface area contributed by atoms with Gasteiger partial charge in [-0.2, -0.15) is 0 Å². The van der Waals surface area contributed by atoms with Crippen LogP contribution in [-0.4, -0.2) is 19.3 Å². The Labute approximate surface area is 108 Å². The summed E-state index contributed by atoms with van der Waals surface area (Å²) < 4.78 is 7.20. The third-order valence-electron chi connectivity index (χ3n) is 1.73. The molecule has 0 aromatic carbocycles. The summed E-state index contributed by atoms with van der Waals surface area (Å²) in [6.07, 6.45) is 0.303. The molecule has 1 heterocycles. The second-order valence-electron chi connectivity index (χ2n) is 3.43. The van der Waals surface area contributed by atoms with Crippen LogP contribution in [0, 0.1) is 0 Å². The Morgan fingerprint density at radius 2 is 2.33 bits per heavy atom. The first-order valence-electron chi connectivity index (χ1n) is 4.85. The Balaban J connectivity index is 2.15. The number of nitrogens with one attached hydrogen (secondary N) is 1. The molecule has 0 saturated heterocycles. The summed E-state index contributed by atoms with van der Waals surface area (Å²) in [7, 11) is 0. The maximum Gasteiger partial charge on any atom is 0.107 e. The molecule has 0 aliphatic heterocycles. The molecule has 0 saturated carbocycles. The quantitative estimate of drug-likeness (QED) is 0.809. The van der Waals surface area contributed by atoms with E-state index in [-0.39, 0.29) is 0 Å². The summed E-state index contributed by atoms with van der Waals surface area (Å²) in [5.74, 6) is 0. The Morgan fingerprint density at radius 3 is 2.87 bits per heavy atom. The van der Waals surface area contributed by atoms with E-state index in [2.05, 4.69) is 21.2 Å². The van der Waals surface area contributed by atoms with Gasteiger partial charge in [0, 0.05) is 22.4 Å². The molecular weight excluding hydrogens is 298 g/mol. The van der Waals surface area contributed by atoms with Crippen molar-refractivity contribution < 1.29 is 4.74 Å². The van der Waals surface area contributed by atoms with E-state index in [4.69, 9.17) is 16.3 Å². The third kappa shape index (κ3) is 5.31. The molecule has 0 spiro atoms. The number of hydrogen-bond donors (Lipinski definition) is 1. The fraction of sp³-hybridized carbons (Fsp3) is 0.600. The molecule has 1 N–H and O–H groups in total. The fourth-order valence-electron chi connectivity index (χ4n) is 1.06. The van der Waals surface area contributed by atoms with E-state index < -0.39 is 0 Å². The van der Waals surface area contributed by atoms with Crippen LogP contribution in [0.2, 0.25) is 4.34 Å². The molecule has 0 unspecified atom stereocenters. The van der Waals surface area contributed by atoms with Crippen LogP contribution in [0.5, 0.6) is 0 Å². The summed E-state index contributed by atoms with van der Waals surface area (Å²) in [6, 6.07) is 2.04. The zero-order chi connectivity index (χ0) is 11.3. The molecule has 2 nitrogen and oxygen atoms in total. The van der Waals surface area contributed by atoms with Gasteiger partial charge in [0.2, 0.25) is 0 Å². The van der Waals surface area contributed by atoms with Crippen LogP contribution < -0.4 is 5.32 Å². The normalized spacial score (nSPS) is 11.3. The van der Waals surface area contributed by atoms with E-state index in [1.807, 2.05) is 19.9 Å². The summed E-state index contributed by atoms with van der Waals surface area (Å²) in [6.45, 7) is 6.53. The first-order valence-corrected chi connectivity index (χ1v) is 6.84. The lowest BCUT2D eigenvalue weighted by molar-refractivity contribution is 0.0807. The first kappa shape index (κ1) is 13.5. The van der Waals surface area contributed by atoms with E-state index in [0.29, 0.717) is 6.10 Å². The lowest BCUT2D eigenvalue weighted by Gasteiger charge is -2.07. The zero-order valence-electron chi connectivity index (χ0n) is 8.85. The van der Waals surface area contributed by atoms with Crippen LogP contribution in [0.25, 0.3) is 0 Å². The Kier molecular flexibility index (Phi) is 6.16. The van der Waals surface area contributed by atoms with Gasteiger partial charge < -0.3 is 10.1 Å². The summed E-state index contributed by atoms with van der Waals surface area (Å²) in [5, 5.41) is 3.30. The number of halogens is 2. The average Bonchev–Trinajstić information content (AvgIpc) is 2.45. The lowest BCUT2D eigenvalue weighted by Crippen LogP contribution is -2.20. The van der Waals surface area contributed by atoms with E-state index >= 15 is 0 Å². The van der Waals surface area contributed by atoms with Gasteiger partial charge in [-0.05, 0) is 35.8 Å². The minimum atomic E-state index is 0.303. The topological polar surface area (TPSA) is 21.3 Å². The van der Waals surface area contributed by atoms with Gasteiger partial charge in [-0.25, -0.2) is 0 Å². The predicted molar refractivity (Wildman–Crippen MR) is 69.8 cm³/mol. The fourth-order valence-corrected chi connectivity index (χ4v) is 2.82. The Bertz CT molecular complexity index is 284. The van der Waals surface area contributed by atoms with Gasteiger partial charge in [0.15, 0.2) is 0 Å². The standard InChI is InChI=1S/C10H15BrClNOS/c1-7(2)14-4-3-13-6-8-5-9(11)10(12)15-8/h5,7,13H,3-4,6H2,1-2H3. The summed E-state index contributed by atoms with van der Waals surface area (Å²) in [5.41, 5.74) is 0. The number of ether oxygens (including phenoxy) is 1. The van der Waals surface area contributed by atoms with Crippen molar-refractivity contribution in [3.05, 3.63) is 19.8 Å². The zero-order valence-corrected chi connectivity index (χ0v) is 12.0. The van der Waals surface area contributed by atoms with Crippen LogP contribution in [0.4, 0.5) is 0 Å². The van der Waals surface area contributed by atoms with Gasteiger partial charge in [-0.15, -0.1) is 11.3 Å². The average molecular weight is 313 g/mol. The number of thiophene rings is 1. The second kappa shape index (κ2) is 6.86. The van der Waals surface area contributed by atoms with Crippen molar-refractivity contribution in [2.45, 2.75) is 26.5 Å². The van der Waals surface area contributed by atoms with Gasteiger partial charge in [0.25, 0.3) is 0 Å². The summed E-state index contributed by atoms with van der Waals surface area (Å²) in [4.78, 5) is 1.23. The highest BCUT2D eigenvalue weighted by Crippen LogP contribution is 2.31. The second-order valence-corrected chi connectivity index (χ2v) is 6.02. The van der Waals surface area contributed by atoms with Crippen molar-refractivity contribution in [3.63, 3.8) is 0 Å². The van der Waals surface area contributed by atoms with Crippen LogP contribution in [-0.2, 0) is 11.3 Å². The minimum absolute atomic E-state index is 0.303. The van der Waals surface area contributed by atoms with Crippen LogP contribution >= 0.6 is 38.9 Å². The van der Waals surface area contributed by atoms with Gasteiger partial charge in [-0.1, -0.05) is 11.6 Å². The minimum Gasteiger partial charge on any atom is -0.377 e. The van der Waals surface area contributed by atoms with Gasteiger partial charge in [0.1, 0.15) is 4.34 Å². The maximum absolute atomic E-state index is 5.93. The van der Waals surface area contributed by atoms with Crippen molar-refractivity contribution in [2.75, 3.05) is 13.2 Å². The molecule has 86 valence electrons. The van der Waals surface area contributed by atoms with Crippen LogP contribution in [0.3, 0.4) is 0 Å². The van der Waals surface area contributed by atoms with Crippen LogP contribution in [0.15, 0.2) is 10.5 Å². The van der Waals surface area contributed by atoms with Gasteiger partial charge in [-0.3, -0.25) is 0 Å². The van der Waals surface area contributed by atoms with Crippen molar-refractivity contribution in [3.8, 4) is 0 Å². The molecule has 0 amide bonds. The van der Waals surface area contributed by atoms with E-state index in [1.54, 1.807) is 11.3 Å². The third-order valence-corrected chi connectivity index (χ3v) is 4.20. The Morgan fingerprint density at radius 1 is 1.60 bits per heavy atom. The molecule has 1 aromatic heterocycles. The van der Waals surface area contributed by atoms with E-state index in [1.165, 1.54) is 4.88 Å². The molecule has 0 aliphatic rings. The molecule has 5 heteroatoms. The van der Waals surface area contributed by atoms with E-state index in [9.17, 15) is 0 Å². The molecule has 0 radical (unpaired) electrons. The van der Waals surface area contributed by atoms with Crippen molar-refractivity contribution in [1.82, 2.24) is 5.32 Å². The smallest absolute Gasteiger partial charge is 0.107 e. The molecule has 15 heavy (non-hydrogen) atoms. The molecule has 0 aliphatic carbocycles. The molecule has 1 rings (SSSR count). The highest BCUT2D eigenvalue weighted by Gasteiger charge is 2.03. The van der Waals surface area contributed by atoms with Crippen molar-refractivity contribution in [1.29, 1.82) is 0 Å². The summed E-state index contributed by atoms with van der Waals surface area (Å²) >= 11 is 10.9. The number of rotatable bonds is 6. The maximum atomic E-state index is 5.93. The predicted octanol–water partition coefficient (Wildman–Crippen LogP) is 3.68. The van der Waals surface area contributed by atoms with E-state index in [0.717, 1.165) is 28.5 Å². The lowest BCUT2D eigenvalue weighted by atomic mass is 10.4. The van der Waals surface area contributed by atoms with Gasteiger partial charge >= 0.3 is 0 Å². The molecular formula is C10H15BrClNOS. The highest BCUT2D eigenvalue weighted by atomic mass is 79.9. The van der Waals surface area contributed by atoms with Crippen molar-refractivity contribution in [2.24, 2.45) is 0 Å². The first-order chi connectivity index (χ1) is 7.09. The van der Waals surface area contributed by atoms with Gasteiger partial charge in [0.05, 0.1) is 12.7 Å². The molecule has 0 fully saturated rings. The molecule has 0 bridgehead atoms. The Hall–Kier alpha value is 0.390. The van der Waals surface area contributed by atoms with Crippen LogP contribution in [0.1, 0.15) is 18.7 Å². The highest BCUT2D eigenvalue weighted by molar-refractivity contribution is 9.10. The van der Waals surface area contributed by atoms with Crippen molar-refractivity contribution >= 4 is 38.9 Å².